The van der Waals surface area contributed by atoms with Crippen LogP contribution in [0.1, 0.15) is 19.6 Å². The summed E-state index contributed by atoms with van der Waals surface area (Å²) < 4.78 is 6.70. The van der Waals surface area contributed by atoms with E-state index in [4.69, 9.17) is 4.42 Å². The number of aromatic nitrogens is 1. The number of halogens is 1. The van der Waals surface area contributed by atoms with Gasteiger partial charge in [0, 0.05) is 28.5 Å². The summed E-state index contributed by atoms with van der Waals surface area (Å²) >= 11 is 3.40. The molecule has 2 rings (SSSR count). The Bertz CT molecular complexity index is 494. The Morgan fingerprint density at radius 3 is 2.88 bits per heavy atom. The number of furan rings is 1. The van der Waals surface area contributed by atoms with Crippen LogP contribution in [0.3, 0.4) is 0 Å². The van der Waals surface area contributed by atoms with Gasteiger partial charge in [0.1, 0.15) is 11.5 Å². The Morgan fingerprint density at radius 2 is 2.18 bits per heavy atom. The summed E-state index contributed by atoms with van der Waals surface area (Å²) in [6, 6.07) is 6.41. The van der Waals surface area contributed by atoms with E-state index in [0.717, 1.165) is 28.1 Å². The molecule has 0 spiro atoms. The van der Waals surface area contributed by atoms with Gasteiger partial charge in [-0.05, 0) is 34.1 Å². The zero-order chi connectivity index (χ0) is 12.3. The summed E-state index contributed by atoms with van der Waals surface area (Å²) in [5, 5.41) is 3.32. The van der Waals surface area contributed by atoms with Crippen LogP contribution in [0.25, 0.3) is 11.3 Å². The van der Waals surface area contributed by atoms with Gasteiger partial charge in [0.15, 0.2) is 0 Å². The fraction of sp³-hybridized carbons (Fsp3) is 0.308. The summed E-state index contributed by atoms with van der Waals surface area (Å²) in [6.45, 7) is 4.98. The van der Waals surface area contributed by atoms with Gasteiger partial charge < -0.3 is 9.73 Å². The first-order valence-electron chi connectivity index (χ1n) is 5.58. The van der Waals surface area contributed by atoms with E-state index >= 15 is 0 Å². The van der Waals surface area contributed by atoms with Crippen LogP contribution in [0.5, 0.6) is 0 Å². The molecule has 0 unspecified atom stereocenters. The van der Waals surface area contributed by atoms with Crippen molar-refractivity contribution in [2.45, 2.75) is 26.4 Å². The van der Waals surface area contributed by atoms with Crippen molar-refractivity contribution in [1.29, 1.82) is 0 Å². The molecule has 0 radical (unpaired) electrons. The van der Waals surface area contributed by atoms with E-state index in [1.165, 1.54) is 0 Å². The second-order valence-electron chi connectivity index (χ2n) is 4.19. The van der Waals surface area contributed by atoms with Crippen molar-refractivity contribution in [1.82, 2.24) is 10.3 Å². The Balaban J connectivity index is 2.12. The lowest BCUT2D eigenvalue weighted by Crippen LogP contribution is -2.21. The quantitative estimate of drug-likeness (QED) is 0.936. The molecule has 4 heteroatoms. The molecule has 90 valence electrons. The Labute approximate surface area is 109 Å². The molecule has 0 saturated heterocycles. The highest BCUT2D eigenvalue weighted by molar-refractivity contribution is 9.10. The summed E-state index contributed by atoms with van der Waals surface area (Å²) in [7, 11) is 0. The standard InChI is InChI=1S/C13H15BrN2O/c1-9(2)16-8-12-3-4-13(17-12)10-5-11(14)7-15-6-10/h3-7,9,16H,8H2,1-2H3. The van der Waals surface area contributed by atoms with Crippen molar-refractivity contribution in [2.24, 2.45) is 0 Å². The van der Waals surface area contributed by atoms with Gasteiger partial charge in [-0.2, -0.15) is 0 Å². The molecule has 2 aromatic heterocycles. The third kappa shape index (κ3) is 3.41. The topological polar surface area (TPSA) is 38.1 Å². The molecule has 2 aromatic rings. The minimum Gasteiger partial charge on any atom is -0.460 e. The van der Waals surface area contributed by atoms with E-state index in [1.807, 2.05) is 18.2 Å². The van der Waals surface area contributed by atoms with Crippen molar-refractivity contribution in [3.05, 3.63) is 40.8 Å². The van der Waals surface area contributed by atoms with Crippen LogP contribution in [0.15, 0.2) is 39.5 Å². The van der Waals surface area contributed by atoms with Crippen LogP contribution in [-0.4, -0.2) is 11.0 Å². The van der Waals surface area contributed by atoms with E-state index in [1.54, 1.807) is 12.4 Å². The third-order valence-electron chi connectivity index (χ3n) is 2.34. The van der Waals surface area contributed by atoms with E-state index < -0.39 is 0 Å². The van der Waals surface area contributed by atoms with Crippen LogP contribution in [0.4, 0.5) is 0 Å². The predicted molar refractivity (Wildman–Crippen MR) is 71.6 cm³/mol. The number of rotatable bonds is 4. The SMILES string of the molecule is CC(C)NCc1ccc(-c2cncc(Br)c2)o1. The summed E-state index contributed by atoms with van der Waals surface area (Å²) in [6.07, 6.45) is 3.55. The number of hydrogen-bond acceptors (Lipinski definition) is 3. The Hall–Kier alpha value is -1.13. The lowest BCUT2D eigenvalue weighted by molar-refractivity contribution is 0.473. The Kier molecular flexibility index (Phi) is 3.97. The smallest absolute Gasteiger partial charge is 0.135 e. The maximum absolute atomic E-state index is 5.75. The first-order valence-corrected chi connectivity index (χ1v) is 6.37. The van der Waals surface area contributed by atoms with Gasteiger partial charge in [-0.25, -0.2) is 0 Å². The van der Waals surface area contributed by atoms with Crippen molar-refractivity contribution in [2.75, 3.05) is 0 Å². The van der Waals surface area contributed by atoms with Crippen molar-refractivity contribution in [3.8, 4) is 11.3 Å². The number of nitrogens with one attached hydrogen (secondary N) is 1. The largest absolute Gasteiger partial charge is 0.460 e. The van der Waals surface area contributed by atoms with Gasteiger partial charge in [-0.15, -0.1) is 0 Å². The third-order valence-corrected chi connectivity index (χ3v) is 2.77. The molecule has 0 amide bonds. The van der Waals surface area contributed by atoms with E-state index in [-0.39, 0.29) is 0 Å². The summed E-state index contributed by atoms with van der Waals surface area (Å²) in [4.78, 5) is 4.12. The fourth-order valence-electron chi connectivity index (χ4n) is 1.48. The monoisotopic (exact) mass is 294 g/mol. The van der Waals surface area contributed by atoms with E-state index in [2.05, 4.69) is 40.1 Å². The second-order valence-corrected chi connectivity index (χ2v) is 5.11. The molecular formula is C13H15BrN2O. The molecule has 0 atom stereocenters. The van der Waals surface area contributed by atoms with Crippen LogP contribution >= 0.6 is 15.9 Å². The molecule has 0 fully saturated rings. The molecule has 1 N–H and O–H groups in total. The highest BCUT2D eigenvalue weighted by Crippen LogP contribution is 2.23. The molecule has 0 aliphatic rings. The molecule has 0 saturated carbocycles. The van der Waals surface area contributed by atoms with Gasteiger partial charge in [-0.1, -0.05) is 13.8 Å². The molecule has 0 aliphatic heterocycles. The molecular weight excluding hydrogens is 280 g/mol. The highest BCUT2D eigenvalue weighted by Gasteiger charge is 2.05. The first kappa shape index (κ1) is 12.3. The van der Waals surface area contributed by atoms with Crippen LogP contribution < -0.4 is 5.32 Å². The van der Waals surface area contributed by atoms with Gasteiger partial charge >= 0.3 is 0 Å². The molecule has 17 heavy (non-hydrogen) atoms. The zero-order valence-electron chi connectivity index (χ0n) is 9.90. The van der Waals surface area contributed by atoms with E-state index in [9.17, 15) is 0 Å². The van der Waals surface area contributed by atoms with Crippen LogP contribution in [-0.2, 0) is 6.54 Å². The van der Waals surface area contributed by atoms with Crippen LogP contribution in [0.2, 0.25) is 0 Å². The number of pyridine rings is 1. The average molecular weight is 295 g/mol. The minimum absolute atomic E-state index is 0.455. The second kappa shape index (κ2) is 5.47. The summed E-state index contributed by atoms with van der Waals surface area (Å²) in [5.74, 6) is 1.79. The summed E-state index contributed by atoms with van der Waals surface area (Å²) in [5.41, 5.74) is 0.982. The molecule has 0 bridgehead atoms. The minimum atomic E-state index is 0.455. The molecule has 0 aromatic carbocycles. The van der Waals surface area contributed by atoms with E-state index in [0.29, 0.717) is 6.04 Å². The normalized spacial score (nSPS) is 11.1. The Morgan fingerprint density at radius 1 is 1.35 bits per heavy atom. The number of nitrogens with zero attached hydrogens (tertiary/aromatic N) is 1. The molecule has 3 nitrogen and oxygen atoms in total. The number of hydrogen-bond donors (Lipinski definition) is 1. The van der Waals surface area contributed by atoms with Crippen molar-refractivity contribution < 1.29 is 4.42 Å². The highest BCUT2D eigenvalue weighted by atomic mass is 79.9. The predicted octanol–water partition coefficient (Wildman–Crippen LogP) is 3.60. The maximum Gasteiger partial charge on any atom is 0.135 e. The zero-order valence-corrected chi connectivity index (χ0v) is 11.5. The average Bonchev–Trinajstić information content (AvgIpc) is 2.75. The van der Waals surface area contributed by atoms with Crippen molar-refractivity contribution in [3.63, 3.8) is 0 Å². The fourth-order valence-corrected chi connectivity index (χ4v) is 1.84. The maximum atomic E-state index is 5.75. The lowest BCUT2D eigenvalue weighted by atomic mass is 10.2. The molecule has 2 heterocycles. The molecule has 0 aliphatic carbocycles. The first-order chi connectivity index (χ1) is 8.15. The van der Waals surface area contributed by atoms with Crippen LogP contribution in [0, 0.1) is 0 Å². The van der Waals surface area contributed by atoms with Gasteiger partial charge in [0.25, 0.3) is 0 Å². The van der Waals surface area contributed by atoms with Gasteiger partial charge in [0.05, 0.1) is 6.54 Å². The lowest BCUT2D eigenvalue weighted by Gasteiger charge is -2.05. The van der Waals surface area contributed by atoms with Gasteiger partial charge in [-0.3, -0.25) is 4.98 Å². The van der Waals surface area contributed by atoms with Crippen molar-refractivity contribution >= 4 is 15.9 Å². The van der Waals surface area contributed by atoms with Gasteiger partial charge in [0.2, 0.25) is 0 Å².